The summed E-state index contributed by atoms with van der Waals surface area (Å²) in [6.45, 7) is 2.28. The van der Waals surface area contributed by atoms with Crippen LogP contribution in [0.4, 0.5) is 0 Å². The summed E-state index contributed by atoms with van der Waals surface area (Å²) in [7, 11) is 1.32. The molecule has 0 saturated heterocycles. The van der Waals surface area contributed by atoms with Crippen molar-refractivity contribution in [1.29, 1.82) is 0 Å². The van der Waals surface area contributed by atoms with Gasteiger partial charge in [-0.3, -0.25) is 9.59 Å². The molecular formula is C18H19NO3S. The smallest absolute Gasteiger partial charge is 0.325 e. The number of carbonyl (C=O) groups is 2. The lowest BCUT2D eigenvalue weighted by atomic mass is 10.1. The Morgan fingerprint density at radius 2 is 2.00 bits per heavy atom. The summed E-state index contributed by atoms with van der Waals surface area (Å²) in [4.78, 5) is 26.5. The van der Waals surface area contributed by atoms with Crippen LogP contribution in [-0.2, 0) is 20.9 Å². The molecule has 4 nitrogen and oxygen atoms in total. The van der Waals surface area contributed by atoms with E-state index in [-0.39, 0.29) is 12.5 Å². The Bertz CT molecular complexity index is 692. The van der Waals surface area contributed by atoms with E-state index in [2.05, 4.69) is 0 Å². The maximum Gasteiger partial charge on any atom is 0.325 e. The third kappa shape index (κ3) is 5.07. The number of carbonyl (C=O) groups excluding carboxylic acids is 2. The summed E-state index contributed by atoms with van der Waals surface area (Å²) in [5, 5.41) is 1.95. The van der Waals surface area contributed by atoms with Crippen LogP contribution in [0.2, 0.25) is 0 Å². The van der Waals surface area contributed by atoms with Crippen LogP contribution in [0.5, 0.6) is 0 Å². The van der Waals surface area contributed by atoms with Gasteiger partial charge in [0.2, 0.25) is 5.91 Å². The highest BCUT2D eigenvalue weighted by Gasteiger charge is 2.16. The van der Waals surface area contributed by atoms with Crippen LogP contribution in [0.15, 0.2) is 47.9 Å². The zero-order valence-electron chi connectivity index (χ0n) is 13.2. The monoisotopic (exact) mass is 329 g/mol. The van der Waals surface area contributed by atoms with Crippen LogP contribution in [0.3, 0.4) is 0 Å². The fraction of sp³-hybridized carbons (Fsp3) is 0.222. The molecule has 2 aromatic rings. The Morgan fingerprint density at radius 1 is 1.22 bits per heavy atom. The molecule has 5 heteroatoms. The van der Waals surface area contributed by atoms with Crippen molar-refractivity contribution in [2.75, 3.05) is 13.7 Å². The number of aryl methyl sites for hydroxylation is 1. The SMILES string of the molecule is COC(=O)CN(Cc1ccccc1C)C(=O)/C=C/c1cccs1. The third-order valence-corrected chi connectivity index (χ3v) is 4.25. The second-order valence-corrected chi connectivity index (χ2v) is 6.02. The number of hydrogen-bond acceptors (Lipinski definition) is 4. The lowest BCUT2D eigenvalue weighted by Gasteiger charge is -2.21. The van der Waals surface area contributed by atoms with Gasteiger partial charge in [-0.25, -0.2) is 0 Å². The van der Waals surface area contributed by atoms with Crippen LogP contribution >= 0.6 is 11.3 Å². The van der Waals surface area contributed by atoms with Gasteiger partial charge in [0.05, 0.1) is 7.11 Å². The van der Waals surface area contributed by atoms with Crippen molar-refractivity contribution in [3.8, 4) is 0 Å². The van der Waals surface area contributed by atoms with Gasteiger partial charge in [0.25, 0.3) is 0 Å². The number of esters is 1. The van der Waals surface area contributed by atoms with Gasteiger partial charge in [0, 0.05) is 17.5 Å². The standard InChI is InChI=1S/C18H19NO3S/c1-14-6-3-4-7-15(14)12-19(13-18(21)22-2)17(20)10-9-16-8-5-11-23-16/h3-11H,12-13H2,1-2H3/b10-9+. The van der Waals surface area contributed by atoms with Crippen molar-refractivity contribution in [2.24, 2.45) is 0 Å². The third-order valence-electron chi connectivity index (χ3n) is 3.42. The van der Waals surface area contributed by atoms with E-state index in [1.54, 1.807) is 17.4 Å². The van der Waals surface area contributed by atoms with E-state index < -0.39 is 5.97 Å². The molecule has 0 aliphatic carbocycles. The predicted molar refractivity (Wildman–Crippen MR) is 92.0 cm³/mol. The van der Waals surface area contributed by atoms with Crippen LogP contribution in [0.1, 0.15) is 16.0 Å². The first kappa shape index (κ1) is 17.0. The number of ether oxygens (including phenoxy) is 1. The van der Waals surface area contributed by atoms with E-state index in [1.807, 2.05) is 48.7 Å². The average molecular weight is 329 g/mol. The molecule has 0 spiro atoms. The number of nitrogens with zero attached hydrogens (tertiary/aromatic N) is 1. The lowest BCUT2D eigenvalue weighted by molar-refractivity contribution is -0.145. The number of benzene rings is 1. The van der Waals surface area contributed by atoms with E-state index in [0.29, 0.717) is 6.54 Å². The second-order valence-electron chi connectivity index (χ2n) is 5.05. The van der Waals surface area contributed by atoms with Crippen molar-refractivity contribution in [2.45, 2.75) is 13.5 Å². The minimum Gasteiger partial charge on any atom is -0.468 e. The molecule has 0 unspecified atom stereocenters. The predicted octanol–water partition coefficient (Wildman–Crippen LogP) is 3.27. The zero-order valence-corrected chi connectivity index (χ0v) is 14.0. The molecule has 0 atom stereocenters. The lowest BCUT2D eigenvalue weighted by Crippen LogP contribution is -2.34. The van der Waals surface area contributed by atoms with E-state index in [0.717, 1.165) is 16.0 Å². The summed E-state index contributed by atoms with van der Waals surface area (Å²) in [6, 6.07) is 11.7. The molecule has 1 aromatic heterocycles. The van der Waals surface area contributed by atoms with Crippen molar-refractivity contribution < 1.29 is 14.3 Å². The topological polar surface area (TPSA) is 46.6 Å². The number of amides is 1. The second kappa shape index (κ2) is 8.29. The van der Waals surface area contributed by atoms with E-state index in [1.165, 1.54) is 18.1 Å². The molecule has 1 aromatic carbocycles. The molecular weight excluding hydrogens is 310 g/mol. The fourth-order valence-corrected chi connectivity index (χ4v) is 2.69. The molecule has 0 aliphatic heterocycles. The van der Waals surface area contributed by atoms with Crippen molar-refractivity contribution in [3.05, 3.63) is 63.9 Å². The number of hydrogen-bond donors (Lipinski definition) is 0. The summed E-state index contributed by atoms with van der Waals surface area (Å²) in [6.07, 6.45) is 3.25. The Hall–Kier alpha value is -2.40. The van der Waals surface area contributed by atoms with Crippen molar-refractivity contribution >= 4 is 29.3 Å². The Balaban J connectivity index is 2.14. The van der Waals surface area contributed by atoms with Gasteiger partial charge in [0.15, 0.2) is 0 Å². The summed E-state index contributed by atoms with van der Waals surface area (Å²) in [5.74, 6) is -0.650. The van der Waals surface area contributed by atoms with E-state index >= 15 is 0 Å². The molecule has 0 N–H and O–H groups in total. The average Bonchev–Trinajstić information content (AvgIpc) is 3.07. The minimum absolute atomic E-state index is 0.0710. The molecule has 2 rings (SSSR count). The highest BCUT2D eigenvalue weighted by Crippen LogP contribution is 2.13. The highest BCUT2D eigenvalue weighted by atomic mass is 32.1. The molecule has 1 heterocycles. The highest BCUT2D eigenvalue weighted by molar-refractivity contribution is 7.10. The quantitative estimate of drug-likeness (QED) is 0.603. The molecule has 0 radical (unpaired) electrons. The summed E-state index contributed by atoms with van der Waals surface area (Å²) < 4.78 is 4.69. The maximum atomic E-state index is 12.4. The Kier molecular flexibility index (Phi) is 6.11. The first-order valence-corrected chi connectivity index (χ1v) is 8.10. The Labute approximate surface area is 140 Å². The molecule has 1 amide bonds. The molecule has 120 valence electrons. The molecule has 0 bridgehead atoms. The van der Waals surface area contributed by atoms with Crippen LogP contribution < -0.4 is 0 Å². The number of rotatable bonds is 6. The van der Waals surface area contributed by atoms with Gasteiger partial charge in [-0.15, -0.1) is 11.3 Å². The van der Waals surface area contributed by atoms with Gasteiger partial charge < -0.3 is 9.64 Å². The molecule has 0 aliphatic rings. The van der Waals surface area contributed by atoms with Gasteiger partial charge in [-0.1, -0.05) is 30.3 Å². The number of methoxy groups -OCH3 is 1. The minimum atomic E-state index is -0.434. The molecule has 23 heavy (non-hydrogen) atoms. The zero-order chi connectivity index (χ0) is 16.7. The largest absolute Gasteiger partial charge is 0.468 e. The van der Waals surface area contributed by atoms with E-state index in [9.17, 15) is 9.59 Å². The van der Waals surface area contributed by atoms with Gasteiger partial charge in [-0.05, 0) is 35.6 Å². The van der Waals surface area contributed by atoms with E-state index in [4.69, 9.17) is 4.74 Å². The maximum absolute atomic E-state index is 12.4. The van der Waals surface area contributed by atoms with Crippen LogP contribution in [0.25, 0.3) is 6.08 Å². The first-order valence-electron chi connectivity index (χ1n) is 7.22. The van der Waals surface area contributed by atoms with Crippen molar-refractivity contribution in [3.63, 3.8) is 0 Å². The van der Waals surface area contributed by atoms with Crippen LogP contribution in [-0.4, -0.2) is 30.4 Å². The summed E-state index contributed by atoms with van der Waals surface area (Å²) >= 11 is 1.55. The van der Waals surface area contributed by atoms with Gasteiger partial charge in [0.1, 0.15) is 6.54 Å². The normalized spacial score (nSPS) is 10.7. The summed E-state index contributed by atoms with van der Waals surface area (Å²) in [5.41, 5.74) is 2.09. The van der Waals surface area contributed by atoms with Crippen LogP contribution in [0, 0.1) is 6.92 Å². The molecule has 0 saturated carbocycles. The number of thiophene rings is 1. The Morgan fingerprint density at radius 3 is 2.65 bits per heavy atom. The van der Waals surface area contributed by atoms with Gasteiger partial charge >= 0.3 is 5.97 Å². The molecule has 0 fully saturated rings. The fourth-order valence-electron chi connectivity index (χ4n) is 2.07. The first-order chi connectivity index (χ1) is 11.1. The van der Waals surface area contributed by atoms with Gasteiger partial charge in [-0.2, -0.15) is 0 Å². The van der Waals surface area contributed by atoms with Crippen molar-refractivity contribution in [1.82, 2.24) is 4.90 Å².